The van der Waals surface area contributed by atoms with Crippen molar-refractivity contribution in [3.63, 3.8) is 0 Å². The fourth-order valence-corrected chi connectivity index (χ4v) is 2.42. The van der Waals surface area contributed by atoms with Crippen LogP contribution < -0.4 is 15.0 Å². The Kier molecular flexibility index (Phi) is 6.03. The normalized spacial score (nSPS) is 12.5. The van der Waals surface area contributed by atoms with Gasteiger partial charge in [0.1, 0.15) is 12.3 Å². The fourth-order valence-electron chi connectivity index (χ4n) is 2.42. The summed E-state index contributed by atoms with van der Waals surface area (Å²) in [6.45, 7) is 2.97. The minimum atomic E-state index is -4.73. The summed E-state index contributed by atoms with van der Waals surface area (Å²) in [4.78, 5) is 13.1. The number of aryl methyl sites for hydroxylation is 1. The number of hydrogen-bond donors (Lipinski definition) is 2. The van der Waals surface area contributed by atoms with Crippen LogP contribution in [0.15, 0.2) is 48.5 Å². The van der Waals surface area contributed by atoms with E-state index in [9.17, 15) is 18.0 Å². The molecule has 1 atom stereocenters. The molecule has 134 valence electrons. The largest absolute Gasteiger partial charge is 0.573 e. The molecule has 2 aromatic rings. The lowest BCUT2D eigenvalue weighted by Crippen LogP contribution is -3.08. The molecule has 0 aliphatic rings. The van der Waals surface area contributed by atoms with Crippen LogP contribution >= 0.6 is 0 Å². The van der Waals surface area contributed by atoms with E-state index in [1.807, 2.05) is 38.2 Å². The van der Waals surface area contributed by atoms with Gasteiger partial charge in [-0.3, -0.25) is 4.79 Å². The predicted octanol–water partition coefficient (Wildman–Crippen LogP) is 2.55. The van der Waals surface area contributed by atoms with Crippen LogP contribution in [0.2, 0.25) is 0 Å². The SMILES string of the molecule is Cc1ccccc1C[NH+](C)CC(=O)Nc1ccc(OC(F)(F)F)cc1. The Morgan fingerprint density at radius 3 is 2.36 bits per heavy atom. The molecule has 0 spiro atoms. The number of amides is 1. The molecule has 2 N–H and O–H groups in total. The van der Waals surface area contributed by atoms with Gasteiger partial charge in [0.2, 0.25) is 0 Å². The minimum Gasteiger partial charge on any atom is -0.406 e. The van der Waals surface area contributed by atoms with Crippen molar-refractivity contribution in [2.75, 3.05) is 18.9 Å². The molecule has 0 heterocycles. The molecule has 4 nitrogen and oxygen atoms in total. The lowest BCUT2D eigenvalue weighted by molar-refractivity contribution is -0.885. The number of carbonyl (C=O) groups is 1. The third-order valence-electron chi connectivity index (χ3n) is 3.59. The number of ether oxygens (including phenoxy) is 1. The molecule has 2 rings (SSSR count). The Morgan fingerprint density at radius 1 is 1.12 bits per heavy atom. The maximum Gasteiger partial charge on any atom is 0.573 e. The first kappa shape index (κ1) is 18.8. The first-order valence-corrected chi connectivity index (χ1v) is 7.74. The highest BCUT2D eigenvalue weighted by Gasteiger charge is 2.30. The van der Waals surface area contributed by atoms with E-state index in [2.05, 4.69) is 10.1 Å². The van der Waals surface area contributed by atoms with Crippen molar-refractivity contribution < 1.29 is 27.6 Å². The van der Waals surface area contributed by atoms with Gasteiger partial charge < -0.3 is 15.0 Å². The van der Waals surface area contributed by atoms with Gasteiger partial charge in [0.25, 0.3) is 5.91 Å². The molecule has 0 aliphatic carbocycles. The van der Waals surface area contributed by atoms with E-state index < -0.39 is 6.36 Å². The molecule has 7 heteroatoms. The Hall–Kier alpha value is -2.54. The molecular formula is C18H20F3N2O2+. The van der Waals surface area contributed by atoms with Gasteiger partial charge in [-0.15, -0.1) is 13.2 Å². The molecule has 0 radical (unpaired) electrons. The molecule has 1 unspecified atom stereocenters. The van der Waals surface area contributed by atoms with Crippen LogP contribution in [-0.4, -0.2) is 25.9 Å². The van der Waals surface area contributed by atoms with Crippen molar-refractivity contribution in [2.45, 2.75) is 19.8 Å². The van der Waals surface area contributed by atoms with Crippen LogP contribution in [0.1, 0.15) is 11.1 Å². The average Bonchev–Trinajstić information content (AvgIpc) is 2.50. The monoisotopic (exact) mass is 353 g/mol. The summed E-state index contributed by atoms with van der Waals surface area (Å²) >= 11 is 0. The van der Waals surface area contributed by atoms with Gasteiger partial charge in [-0.2, -0.15) is 0 Å². The summed E-state index contributed by atoms with van der Waals surface area (Å²) in [5.41, 5.74) is 2.76. The maximum atomic E-state index is 12.1. The van der Waals surface area contributed by atoms with Crippen LogP contribution in [0.3, 0.4) is 0 Å². The topological polar surface area (TPSA) is 42.8 Å². The highest BCUT2D eigenvalue weighted by atomic mass is 19.4. The first-order valence-electron chi connectivity index (χ1n) is 7.74. The summed E-state index contributed by atoms with van der Waals surface area (Å²) in [7, 11) is 1.91. The number of likely N-dealkylation sites (N-methyl/N-ethyl adjacent to an activating group) is 1. The van der Waals surface area contributed by atoms with Crippen molar-refractivity contribution in [1.29, 1.82) is 0 Å². The summed E-state index contributed by atoms with van der Waals surface area (Å²) < 4.78 is 40.1. The third-order valence-corrected chi connectivity index (χ3v) is 3.59. The van der Waals surface area contributed by atoms with Crippen molar-refractivity contribution in [3.05, 3.63) is 59.7 Å². The Bertz CT molecular complexity index is 715. The van der Waals surface area contributed by atoms with Crippen LogP contribution in [0.25, 0.3) is 0 Å². The van der Waals surface area contributed by atoms with E-state index in [1.54, 1.807) is 0 Å². The van der Waals surface area contributed by atoms with Crippen molar-refractivity contribution in [3.8, 4) is 5.75 Å². The van der Waals surface area contributed by atoms with Crippen LogP contribution in [0.4, 0.5) is 18.9 Å². The molecule has 1 amide bonds. The second-order valence-corrected chi connectivity index (χ2v) is 5.86. The van der Waals surface area contributed by atoms with E-state index in [4.69, 9.17) is 0 Å². The van der Waals surface area contributed by atoms with Crippen molar-refractivity contribution in [2.24, 2.45) is 0 Å². The molecule has 0 bridgehead atoms. The van der Waals surface area contributed by atoms with Crippen LogP contribution in [-0.2, 0) is 11.3 Å². The van der Waals surface area contributed by atoms with Gasteiger partial charge in [-0.25, -0.2) is 0 Å². The number of nitrogens with one attached hydrogen (secondary N) is 2. The first-order chi connectivity index (χ1) is 11.7. The molecule has 0 saturated carbocycles. The quantitative estimate of drug-likeness (QED) is 0.838. The molecular weight excluding hydrogens is 333 g/mol. The zero-order chi connectivity index (χ0) is 18.4. The van der Waals surface area contributed by atoms with Gasteiger partial charge in [-0.1, -0.05) is 24.3 Å². The van der Waals surface area contributed by atoms with Crippen LogP contribution in [0.5, 0.6) is 5.75 Å². The number of hydrogen-bond acceptors (Lipinski definition) is 2. The lowest BCUT2D eigenvalue weighted by Gasteiger charge is -2.15. The Labute approximate surface area is 144 Å². The number of benzene rings is 2. The van der Waals surface area contributed by atoms with Gasteiger partial charge in [0, 0.05) is 11.3 Å². The standard InChI is InChI=1S/C18H19F3N2O2/c1-13-5-3-4-6-14(13)11-23(2)12-17(24)22-15-7-9-16(10-8-15)25-18(19,20)21/h3-10H,11-12H2,1-2H3,(H,22,24)/p+1. The number of alkyl halides is 3. The van der Waals surface area contributed by atoms with E-state index >= 15 is 0 Å². The zero-order valence-corrected chi connectivity index (χ0v) is 14.0. The highest BCUT2D eigenvalue weighted by molar-refractivity contribution is 5.91. The van der Waals surface area contributed by atoms with Crippen molar-refractivity contribution >= 4 is 11.6 Å². The number of halogens is 3. The zero-order valence-electron chi connectivity index (χ0n) is 14.0. The van der Waals surface area contributed by atoms with Gasteiger partial charge >= 0.3 is 6.36 Å². The lowest BCUT2D eigenvalue weighted by atomic mass is 10.1. The highest BCUT2D eigenvalue weighted by Crippen LogP contribution is 2.23. The van der Waals surface area contributed by atoms with Crippen molar-refractivity contribution in [1.82, 2.24) is 0 Å². The number of carbonyl (C=O) groups excluding carboxylic acids is 1. The Balaban J connectivity index is 1.86. The maximum absolute atomic E-state index is 12.1. The fraction of sp³-hybridized carbons (Fsp3) is 0.278. The Morgan fingerprint density at radius 2 is 1.76 bits per heavy atom. The molecule has 0 aliphatic heterocycles. The summed E-state index contributed by atoms with van der Waals surface area (Å²) in [5, 5.41) is 2.67. The molecule has 0 fully saturated rings. The summed E-state index contributed by atoms with van der Waals surface area (Å²) in [6.07, 6.45) is -4.73. The van der Waals surface area contributed by atoms with E-state index in [0.717, 1.165) is 17.0 Å². The van der Waals surface area contributed by atoms with Gasteiger partial charge in [0.15, 0.2) is 6.54 Å². The predicted molar refractivity (Wildman–Crippen MR) is 88.4 cm³/mol. The van der Waals surface area contributed by atoms with E-state index in [0.29, 0.717) is 12.2 Å². The molecule has 25 heavy (non-hydrogen) atoms. The molecule has 2 aromatic carbocycles. The summed E-state index contributed by atoms with van der Waals surface area (Å²) in [5.74, 6) is -0.539. The van der Waals surface area contributed by atoms with Gasteiger partial charge in [-0.05, 0) is 36.8 Å². The third kappa shape index (κ3) is 6.46. The second kappa shape index (κ2) is 8.02. The molecule has 0 aromatic heterocycles. The van der Waals surface area contributed by atoms with E-state index in [1.165, 1.54) is 23.3 Å². The second-order valence-electron chi connectivity index (χ2n) is 5.86. The number of anilines is 1. The van der Waals surface area contributed by atoms with Crippen LogP contribution in [0, 0.1) is 6.92 Å². The average molecular weight is 353 g/mol. The van der Waals surface area contributed by atoms with E-state index in [-0.39, 0.29) is 18.2 Å². The molecule has 0 saturated heterocycles. The number of quaternary nitrogens is 1. The van der Waals surface area contributed by atoms with Gasteiger partial charge in [0.05, 0.1) is 7.05 Å². The smallest absolute Gasteiger partial charge is 0.406 e. The minimum absolute atomic E-state index is 0.212. The number of rotatable bonds is 6. The summed E-state index contributed by atoms with van der Waals surface area (Å²) in [6, 6.07) is 13.0.